The first-order chi connectivity index (χ1) is 7.22. The Morgan fingerprint density at radius 1 is 1.33 bits per heavy atom. The molecule has 78 valence electrons. The highest BCUT2D eigenvalue weighted by Gasteiger charge is 2.11. The fourth-order valence-corrected chi connectivity index (χ4v) is 1.37. The molecule has 0 aliphatic heterocycles. The van der Waals surface area contributed by atoms with E-state index in [2.05, 4.69) is 10.2 Å². The topological polar surface area (TPSA) is 30.7 Å². The molecule has 15 heavy (non-hydrogen) atoms. The van der Waals surface area contributed by atoms with Gasteiger partial charge in [-0.3, -0.25) is 0 Å². The summed E-state index contributed by atoms with van der Waals surface area (Å²) in [4.78, 5) is 0. The lowest BCUT2D eigenvalue weighted by Crippen LogP contribution is -1.98. The molecule has 0 amide bonds. The molecule has 0 aliphatic rings. The molecule has 0 aliphatic carbocycles. The molecule has 0 N–H and O–H groups in total. The summed E-state index contributed by atoms with van der Waals surface area (Å²) >= 11 is 0. The fraction of sp³-hybridized carbons (Fsp3) is 0.200. The quantitative estimate of drug-likeness (QED) is 0.759. The monoisotopic (exact) mass is 209 g/mol. The van der Waals surface area contributed by atoms with E-state index >= 15 is 0 Å². The second-order valence-electron chi connectivity index (χ2n) is 3.06. The van der Waals surface area contributed by atoms with Crippen molar-refractivity contribution in [2.24, 2.45) is 0 Å². The Balaban J connectivity index is 2.54. The van der Waals surface area contributed by atoms with Gasteiger partial charge in [0.1, 0.15) is 18.0 Å². The summed E-state index contributed by atoms with van der Waals surface area (Å²) in [5.74, 6) is -0.813. The summed E-state index contributed by atoms with van der Waals surface area (Å²) in [5.41, 5.74) is 0.260. The van der Waals surface area contributed by atoms with Crippen molar-refractivity contribution < 1.29 is 8.78 Å². The van der Waals surface area contributed by atoms with Crippen LogP contribution in [0.3, 0.4) is 0 Å². The van der Waals surface area contributed by atoms with Crippen LogP contribution in [0.1, 0.15) is 6.92 Å². The molecule has 5 heteroatoms. The van der Waals surface area contributed by atoms with Crippen molar-refractivity contribution in [2.45, 2.75) is 13.5 Å². The molecule has 0 atom stereocenters. The Morgan fingerprint density at radius 2 is 2.13 bits per heavy atom. The standard InChI is InChI=1S/C10H9F2N3/c1-2-15-6-13-14-10(15)8-4-3-7(11)5-9(8)12/h3-6H,2H2,1H3. The summed E-state index contributed by atoms with van der Waals surface area (Å²) in [7, 11) is 0. The summed E-state index contributed by atoms with van der Waals surface area (Å²) in [5, 5.41) is 7.48. The normalized spacial score (nSPS) is 10.6. The van der Waals surface area contributed by atoms with Gasteiger partial charge in [-0.15, -0.1) is 10.2 Å². The lowest BCUT2D eigenvalue weighted by Gasteiger charge is -2.04. The van der Waals surface area contributed by atoms with E-state index in [9.17, 15) is 8.78 Å². The smallest absolute Gasteiger partial charge is 0.166 e. The van der Waals surface area contributed by atoms with Crippen LogP contribution < -0.4 is 0 Å². The third-order valence-corrected chi connectivity index (χ3v) is 2.13. The van der Waals surface area contributed by atoms with Crippen LogP contribution in [0.2, 0.25) is 0 Å². The lowest BCUT2D eigenvalue weighted by molar-refractivity contribution is 0.583. The molecule has 0 bridgehead atoms. The van der Waals surface area contributed by atoms with Gasteiger partial charge in [-0.1, -0.05) is 0 Å². The zero-order valence-corrected chi connectivity index (χ0v) is 8.11. The number of aryl methyl sites for hydroxylation is 1. The van der Waals surface area contributed by atoms with Gasteiger partial charge in [0, 0.05) is 12.6 Å². The number of hydrogen-bond acceptors (Lipinski definition) is 2. The van der Waals surface area contributed by atoms with E-state index in [1.165, 1.54) is 18.5 Å². The Bertz CT molecular complexity index is 479. The van der Waals surface area contributed by atoms with E-state index in [-0.39, 0.29) is 5.56 Å². The van der Waals surface area contributed by atoms with E-state index in [0.717, 1.165) is 6.07 Å². The Morgan fingerprint density at radius 3 is 2.80 bits per heavy atom. The number of halogens is 2. The van der Waals surface area contributed by atoms with Gasteiger partial charge < -0.3 is 4.57 Å². The molecule has 2 aromatic rings. The second-order valence-corrected chi connectivity index (χ2v) is 3.06. The van der Waals surface area contributed by atoms with Gasteiger partial charge in [0.25, 0.3) is 0 Å². The van der Waals surface area contributed by atoms with E-state index in [1.54, 1.807) is 4.57 Å². The van der Waals surface area contributed by atoms with Crippen molar-refractivity contribution >= 4 is 0 Å². The largest absolute Gasteiger partial charge is 0.314 e. The molecule has 1 aromatic heterocycles. The fourth-order valence-electron chi connectivity index (χ4n) is 1.37. The molecular weight excluding hydrogens is 200 g/mol. The minimum absolute atomic E-state index is 0.260. The van der Waals surface area contributed by atoms with Gasteiger partial charge in [-0.25, -0.2) is 8.78 Å². The van der Waals surface area contributed by atoms with Gasteiger partial charge in [0.15, 0.2) is 5.82 Å². The highest BCUT2D eigenvalue weighted by atomic mass is 19.1. The summed E-state index contributed by atoms with van der Waals surface area (Å²) < 4.78 is 27.8. The summed E-state index contributed by atoms with van der Waals surface area (Å²) in [6.45, 7) is 2.54. The van der Waals surface area contributed by atoms with Crippen molar-refractivity contribution in [3.8, 4) is 11.4 Å². The predicted molar refractivity (Wildman–Crippen MR) is 51.0 cm³/mol. The van der Waals surface area contributed by atoms with Crippen LogP contribution >= 0.6 is 0 Å². The average molecular weight is 209 g/mol. The van der Waals surface area contributed by atoms with Gasteiger partial charge in [0.2, 0.25) is 0 Å². The Kier molecular flexibility index (Phi) is 2.45. The third kappa shape index (κ3) is 1.72. The molecule has 0 saturated carbocycles. The van der Waals surface area contributed by atoms with E-state index in [0.29, 0.717) is 12.4 Å². The van der Waals surface area contributed by atoms with Crippen LogP contribution in [0.15, 0.2) is 24.5 Å². The zero-order valence-electron chi connectivity index (χ0n) is 8.11. The molecule has 0 fully saturated rings. The van der Waals surface area contributed by atoms with Crippen molar-refractivity contribution in [1.29, 1.82) is 0 Å². The first-order valence-corrected chi connectivity index (χ1v) is 4.55. The maximum absolute atomic E-state index is 13.4. The highest BCUT2D eigenvalue weighted by molar-refractivity contribution is 5.55. The molecule has 1 heterocycles. The molecule has 0 saturated heterocycles. The van der Waals surface area contributed by atoms with Crippen LogP contribution in [-0.4, -0.2) is 14.8 Å². The van der Waals surface area contributed by atoms with Crippen molar-refractivity contribution in [1.82, 2.24) is 14.8 Å². The van der Waals surface area contributed by atoms with E-state index in [1.807, 2.05) is 6.92 Å². The average Bonchev–Trinajstić information content (AvgIpc) is 2.65. The van der Waals surface area contributed by atoms with Gasteiger partial charge in [-0.05, 0) is 19.1 Å². The van der Waals surface area contributed by atoms with Crippen LogP contribution in [0.25, 0.3) is 11.4 Å². The molecule has 0 unspecified atom stereocenters. The minimum atomic E-state index is -0.627. The maximum Gasteiger partial charge on any atom is 0.166 e. The minimum Gasteiger partial charge on any atom is -0.314 e. The predicted octanol–water partition coefficient (Wildman–Crippen LogP) is 2.24. The molecule has 0 spiro atoms. The van der Waals surface area contributed by atoms with Gasteiger partial charge in [-0.2, -0.15) is 0 Å². The van der Waals surface area contributed by atoms with Crippen molar-refractivity contribution in [2.75, 3.05) is 0 Å². The number of nitrogens with zero attached hydrogens (tertiary/aromatic N) is 3. The first-order valence-electron chi connectivity index (χ1n) is 4.55. The second kappa shape index (κ2) is 3.76. The highest BCUT2D eigenvalue weighted by Crippen LogP contribution is 2.20. The van der Waals surface area contributed by atoms with Crippen LogP contribution in [0.4, 0.5) is 8.78 Å². The van der Waals surface area contributed by atoms with Crippen LogP contribution in [0.5, 0.6) is 0 Å². The Labute approximate surface area is 85.4 Å². The molecule has 2 rings (SSSR count). The van der Waals surface area contributed by atoms with Crippen LogP contribution in [-0.2, 0) is 6.54 Å². The SMILES string of the molecule is CCn1cnnc1-c1ccc(F)cc1F. The Hall–Kier alpha value is -1.78. The number of rotatable bonds is 2. The molecular formula is C10H9F2N3. The molecule has 0 radical (unpaired) electrons. The number of benzene rings is 1. The van der Waals surface area contributed by atoms with Crippen molar-refractivity contribution in [3.63, 3.8) is 0 Å². The van der Waals surface area contributed by atoms with Gasteiger partial charge in [0.05, 0.1) is 5.56 Å². The lowest BCUT2D eigenvalue weighted by atomic mass is 10.2. The third-order valence-electron chi connectivity index (χ3n) is 2.13. The summed E-state index contributed by atoms with van der Waals surface area (Å²) in [6, 6.07) is 3.40. The zero-order chi connectivity index (χ0) is 10.8. The number of hydrogen-bond donors (Lipinski definition) is 0. The van der Waals surface area contributed by atoms with Crippen LogP contribution in [0, 0.1) is 11.6 Å². The first kappa shape index (κ1) is 9.76. The molecule has 3 nitrogen and oxygen atoms in total. The van der Waals surface area contributed by atoms with E-state index in [4.69, 9.17) is 0 Å². The maximum atomic E-state index is 13.4. The number of aromatic nitrogens is 3. The molecule has 1 aromatic carbocycles. The van der Waals surface area contributed by atoms with Crippen molar-refractivity contribution in [3.05, 3.63) is 36.2 Å². The van der Waals surface area contributed by atoms with E-state index < -0.39 is 11.6 Å². The van der Waals surface area contributed by atoms with Gasteiger partial charge >= 0.3 is 0 Å². The summed E-state index contributed by atoms with van der Waals surface area (Å²) in [6.07, 6.45) is 1.51.